The number of ether oxygens (including phenoxy) is 2. The summed E-state index contributed by atoms with van der Waals surface area (Å²) in [5.41, 5.74) is 1.19. The minimum absolute atomic E-state index is 0.0329. The van der Waals surface area contributed by atoms with Crippen molar-refractivity contribution >= 4 is 6.16 Å². The lowest BCUT2D eigenvalue weighted by molar-refractivity contribution is 0.148. The normalized spacial score (nSPS) is 10.1. The highest BCUT2D eigenvalue weighted by Crippen LogP contribution is 2.32. The number of phenolic OH excluding ortho intramolecular Hbond substituents is 2. The molecule has 2 aromatic carbocycles. The molecule has 0 heterocycles. The number of rotatable bonds is 2. The first kappa shape index (κ1) is 13.7. The lowest BCUT2D eigenvalue weighted by Crippen LogP contribution is -2.15. The van der Waals surface area contributed by atoms with Gasteiger partial charge in [-0.05, 0) is 37.1 Å². The third kappa shape index (κ3) is 2.83. The number of para-hydroxylation sites is 2. The van der Waals surface area contributed by atoms with Crippen molar-refractivity contribution in [2.24, 2.45) is 0 Å². The van der Waals surface area contributed by atoms with E-state index >= 15 is 0 Å². The Morgan fingerprint density at radius 3 is 1.60 bits per heavy atom. The maximum Gasteiger partial charge on any atom is 0.519 e. The van der Waals surface area contributed by atoms with Gasteiger partial charge in [0.05, 0.1) is 0 Å². The van der Waals surface area contributed by atoms with E-state index in [1.165, 1.54) is 12.1 Å². The lowest BCUT2D eigenvalue weighted by atomic mass is 10.2. The van der Waals surface area contributed by atoms with Crippen molar-refractivity contribution in [2.75, 3.05) is 0 Å². The Morgan fingerprint density at radius 2 is 1.25 bits per heavy atom. The summed E-state index contributed by atoms with van der Waals surface area (Å²) < 4.78 is 9.94. The highest BCUT2D eigenvalue weighted by atomic mass is 16.7. The molecule has 0 fully saturated rings. The summed E-state index contributed by atoms with van der Waals surface area (Å²) in [6.07, 6.45) is -1.03. The summed E-state index contributed by atoms with van der Waals surface area (Å²) in [5, 5.41) is 19.3. The average Bonchev–Trinajstić information content (AvgIpc) is 2.39. The molecule has 2 rings (SSSR count). The molecule has 0 spiro atoms. The van der Waals surface area contributed by atoms with Gasteiger partial charge in [0.1, 0.15) is 0 Å². The molecule has 0 aromatic heterocycles. The van der Waals surface area contributed by atoms with Crippen molar-refractivity contribution in [3.05, 3.63) is 47.5 Å². The highest BCUT2D eigenvalue weighted by Gasteiger charge is 2.16. The second-order valence-electron chi connectivity index (χ2n) is 4.30. The molecule has 104 valence electrons. The number of carbonyl (C=O) groups is 1. The number of benzene rings is 2. The van der Waals surface area contributed by atoms with Crippen LogP contribution in [0.15, 0.2) is 36.4 Å². The molecule has 0 saturated carbocycles. The van der Waals surface area contributed by atoms with Crippen molar-refractivity contribution in [1.82, 2.24) is 0 Å². The van der Waals surface area contributed by atoms with Crippen LogP contribution in [-0.2, 0) is 0 Å². The van der Waals surface area contributed by atoms with E-state index < -0.39 is 6.16 Å². The molecule has 0 aliphatic heterocycles. The van der Waals surface area contributed by atoms with Gasteiger partial charge in [-0.1, -0.05) is 24.3 Å². The highest BCUT2D eigenvalue weighted by molar-refractivity contribution is 5.70. The Labute approximate surface area is 116 Å². The first-order valence-electron chi connectivity index (χ1n) is 5.96. The number of hydrogen-bond acceptors (Lipinski definition) is 5. The summed E-state index contributed by atoms with van der Waals surface area (Å²) in [6, 6.07) is 9.45. The van der Waals surface area contributed by atoms with E-state index in [1.807, 2.05) is 0 Å². The van der Waals surface area contributed by atoms with Gasteiger partial charge in [0.2, 0.25) is 0 Å². The topological polar surface area (TPSA) is 76.0 Å². The van der Waals surface area contributed by atoms with Crippen LogP contribution in [0.4, 0.5) is 4.79 Å². The van der Waals surface area contributed by atoms with Crippen LogP contribution < -0.4 is 9.47 Å². The van der Waals surface area contributed by atoms with Crippen LogP contribution in [0.3, 0.4) is 0 Å². The van der Waals surface area contributed by atoms with Gasteiger partial charge in [0.15, 0.2) is 23.0 Å². The molecule has 2 aromatic rings. The lowest BCUT2D eigenvalue weighted by Gasteiger charge is -2.11. The van der Waals surface area contributed by atoms with Gasteiger partial charge in [-0.15, -0.1) is 0 Å². The van der Waals surface area contributed by atoms with E-state index in [1.54, 1.807) is 38.1 Å². The standard InChI is InChI=1S/C15H14O5/c1-9-5-3-7-11(16)13(9)19-15(18)20-14-10(2)6-4-8-12(14)17/h3-8,16-17H,1-2H3. The molecule has 0 amide bonds. The van der Waals surface area contributed by atoms with Gasteiger partial charge in [0.25, 0.3) is 0 Å². The fourth-order valence-corrected chi connectivity index (χ4v) is 1.73. The molecule has 0 unspecified atom stereocenters. The van der Waals surface area contributed by atoms with Crippen molar-refractivity contribution in [3.63, 3.8) is 0 Å². The van der Waals surface area contributed by atoms with Crippen molar-refractivity contribution in [2.45, 2.75) is 13.8 Å². The van der Waals surface area contributed by atoms with Crippen LogP contribution in [0.1, 0.15) is 11.1 Å². The molecule has 20 heavy (non-hydrogen) atoms. The van der Waals surface area contributed by atoms with Crippen LogP contribution in [0.5, 0.6) is 23.0 Å². The largest absolute Gasteiger partial charge is 0.519 e. The van der Waals surface area contributed by atoms with Crippen LogP contribution >= 0.6 is 0 Å². The number of carbonyl (C=O) groups excluding carboxylic acids is 1. The molecule has 0 aliphatic rings. The zero-order valence-electron chi connectivity index (χ0n) is 11.1. The minimum atomic E-state index is -1.03. The van der Waals surface area contributed by atoms with Gasteiger partial charge in [-0.3, -0.25) is 0 Å². The number of aromatic hydroxyl groups is 2. The van der Waals surface area contributed by atoms with Crippen molar-refractivity contribution in [1.29, 1.82) is 0 Å². The molecular formula is C15H14O5. The molecule has 0 atom stereocenters. The average molecular weight is 274 g/mol. The summed E-state index contributed by atoms with van der Waals surface area (Å²) in [7, 11) is 0. The maximum absolute atomic E-state index is 11.7. The summed E-state index contributed by atoms with van der Waals surface area (Å²) in [5.74, 6) is -0.247. The third-order valence-corrected chi connectivity index (χ3v) is 2.75. The smallest absolute Gasteiger partial charge is 0.504 e. The summed E-state index contributed by atoms with van der Waals surface area (Å²) in [4.78, 5) is 11.7. The zero-order valence-corrected chi connectivity index (χ0v) is 11.1. The molecule has 0 aliphatic carbocycles. The van der Waals surface area contributed by atoms with E-state index in [0.29, 0.717) is 11.1 Å². The molecule has 0 bridgehead atoms. The Morgan fingerprint density at radius 1 is 0.850 bits per heavy atom. The number of hydrogen-bond donors (Lipinski definition) is 2. The zero-order chi connectivity index (χ0) is 14.7. The molecule has 2 N–H and O–H groups in total. The van der Waals surface area contributed by atoms with Crippen molar-refractivity contribution < 1.29 is 24.5 Å². The van der Waals surface area contributed by atoms with Crippen LogP contribution in [-0.4, -0.2) is 16.4 Å². The monoisotopic (exact) mass is 274 g/mol. The Bertz CT molecular complexity index is 553. The molecular weight excluding hydrogens is 260 g/mol. The second-order valence-corrected chi connectivity index (χ2v) is 4.30. The van der Waals surface area contributed by atoms with Gasteiger partial charge >= 0.3 is 6.16 Å². The fraction of sp³-hybridized carbons (Fsp3) is 0.133. The van der Waals surface area contributed by atoms with Crippen LogP contribution in [0.25, 0.3) is 0 Å². The predicted octanol–water partition coefficient (Wildman–Crippen LogP) is 3.29. The Kier molecular flexibility index (Phi) is 3.79. The van der Waals surface area contributed by atoms with Crippen LogP contribution in [0, 0.1) is 13.8 Å². The predicted molar refractivity (Wildman–Crippen MR) is 72.3 cm³/mol. The number of phenols is 2. The van der Waals surface area contributed by atoms with E-state index in [4.69, 9.17) is 9.47 Å². The van der Waals surface area contributed by atoms with E-state index in [9.17, 15) is 15.0 Å². The molecule has 5 nitrogen and oxygen atoms in total. The van der Waals surface area contributed by atoms with E-state index in [-0.39, 0.29) is 23.0 Å². The van der Waals surface area contributed by atoms with Crippen molar-refractivity contribution in [3.8, 4) is 23.0 Å². The Hall–Kier alpha value is -2.69. The third-order valence-electron chi connectivity index (χ3n) is 2.75. The second kappa shape index (κ2) is 5.52. The number of aryl methyl sites for hydroxylation is 2. The van der Waals surface area contributed by atoms with E-state index in [2.05, 4.69) is 0 Å². The SMILES string of the molecule is Cc1cccc(O)c1OC(=O)Oc1c(C)cccc1O. The summed E-state index contributed by atoms with van der Waals surface area (Å²) >= 11 is 0. The van der Waals surface area contributed by atoms with Gasteiger partial charge in [-0.25, -0.2) is 4.79 Å². The van der Waals surface area contributed by atoms with E-state index in [0.717, 1.165) is 0 Å². The van der Waals surface area contributed by atoms with Gasteiger partial charge in [-0.2, -0.15) is 0 Å². The molecule has 5 heteroatoms. The molecule has 0 saturated heterocycles. The fourth-order valence-electron chi connectivity index (χ4n) is 1.73. The first-order chi connectivity index (χ1) is 9.49. The van der Waals surface area contributed by atoms with Gasteiger partial charge < -0.3 is 19.7 Å². The first-order valence-corrected chi connectivity index (χ1v) is 5.96. The maximum atomic E-state index is 11.7. The van der Waals surface area contributed by atoms with Gasteiger partial charge in [0, 0.05) is 0 Å². The Balaban J connectivity index is 2.18. The van der Waals surface area contributed by atoms with Crippen LogP contribution in [0.2, 0.25) is 0 Å². The quantitative estimate of drug-likeness (QED) is 0.649. The minimum Gasteiger partial charge on any atom is -0.504 e. The molecule has 0 radical (unpaired) electrons. The summed E-state index contributed by atoms with van der Waals surface area (Å²) in [6.45, 7) is 3.38.